The molecular weight excluding hydrogens is 134 g/mol. The lowest BCUT2D eigenvalue weighted by molar-refractivity contribution is 0.386. The van der Waals surface area contributed by atoms with E-state index in [4.69, 9.17) is 0 Å². The van der Waals surface area contributed by atoms with Crippen LogP contribution in [0.4, 0.5) is 0 Å². The number of hydrogen-bond donors (Lipinski definition) is 1. The van der Waals surface area contributed by atoms with Gasteiger partial charge in [-0.3, -0.25) is 0 Å². The standard InChI is InChI=1S/C10H19N/c1-8(2)11-7-10(5-6-10)9-3-4-9/h8-9,11H,3-7H2,1-2H3. The Labute approximate surface area is 69.6 Å². The molecule has 0 unspecified atom stereocenters. The Balaban J connectivity index is 1.76. The van der Waals surface area contributed by atoms with Crippen LogP contribution in [-0.2, 0) is 0 Å². The highest BCUT2D eigenvalue weighted by Crippen LogP contribution is 2.60. The van der Waals surface area contributed by atoms with Crippen molar-refractivity contribution in [1.82, 2.24) is 5.32 Å². The lowest BCUT2D eigenvalue weighted by Gasteiger charge is -2.16. The molecule has 0 saturated heterocycles. The van der Waals surface area contributed by atoms with Gasteiger partial charge in [-0.05, 0) is 37.0 Å². The molecule has 0 aromatic carbocycles. The van der Waals surface area contributed by atoms with Crippen molar-refractivity contribution in [3.8, 4) is 0 Å². The van der Waals surface area contributed by atoms with Crippen molar-refractivity contribution in [2.75, 3.05) is 6.54 Å². The van der Waals surface area contributed by atoms with Crippen LogP contribution in [0.3, 0.4) is 0 Å². The van der Waals surface area contributed by atoms with Gasteiger partial charge in [-0.1, -0.05) is 13.8 Å². The number of rotatable bonds is 4. The summed E-state index contributed by atoms with van der Waals surface area (Å²) in [6, 6.07) is 0.672. The summed E-state index contributed by atoms with van der Waals surface area (Å²) in [5.74, 6) is 1.11. The molecule has 0 atom stereocenters. The molecule has 0 aromatic rings. The molecule has 2 rings (SSSR count). The predicted molar refractivity (Wildman–Crippen MR) is 47.5 cm³/mol. The van der Waals surface area contributed by atoms with Gasteiger partial charge in [0.25, 0.3) is 0 Å². The van der Waals surface area contributed by atoms with Crippen molar-refractivity contribution in [2.45, 2.75) is 45.6 Å². The van der Waals surface area contributed by atoms with Crippen LogP contribution in [-0.4, -0.2) is 12.6 Å². The summed E-state index contributed by atoms with van der Waals surface area (Å²) in [6.07, 6.45) is 6.02. The highest BCUT2D eigenvalue weighted by atomic mass is 14.9. The monoisotopic (exact) mass is 153 g/mol. The van der Waals surface area contributed by atoms with Gasteiger partial charge in [0.15, 0.2) is 0 Å². The van der Waals surface area contributed by atoms with Gasteiger partial charge in [0.1, 0.15) is 0 Å². The molecule has 0 heterocycles. The van der Waals surface area contributed by atoms with E-state index in [9.17, 15) is 0 Å². The molecule has 0 amide bonds. The summed E-state index contributed by atoms with van der Waals surface area (Å²) in [5.41, 5.74) is 0.782. The molecule has 1 heteroatoms. The Morgan fingerprint density at radius 2 is 2.00 bits per heavy atom. The third kappa shape index (κ3) is 1.58. The van der Waals surface area contributed by atoms with E-state index in [0.29, 0.717) is 6.04 Å². The van der Waals surface area contributed by atoms with Crippen LogP contribution in [0, 0.1) is 11.3 Å². The van der Waals surface area contributed by atoms with Gasteiger partial charge >= 0.3 is 0 Å². The van der Waals surface area contributed by atoms with Crippen LogP contribution >= 0.6 is 0 Å². The molecule has 2 aliphatic carbocycles. The van der Waals surface area contributed by atoms with Crippen molar-refractivity contribution in [2.24, 2.45) is 11.3 Å². The maximum absolute atomic E-state index is 3.57. The molecule has 0 spiro atoms. The fraction of sp³-hybridized carbons (Fsp3) is 1.00. The molecule has 2 saturated carbocycles. The first-order valence-corrected chi connectivity index (χ1v) is 4.96. The zero-order chi connectivity index (χ0) is 7.90. The summed E-state index contributed by atoms with van der Waals surface area (Å²) in [5, 5.41) is 3.57. The Bertz CT molecular complexity index is 143. The van der Waals surface area contributed by atoms with E-state index in [1.165, 1.54) is 32.2 Å². The number of hydrogen-bond acceptors (Lipinski definition) is 1. The summed E-state index contributed by atoms with van der Waals surface area (Å²) in [7, 11) is 0. The molecule has 0 bridgehead atoms. The summed E-state index contributed by atoms with van der Waals surface area (Å²) in [6.45, 7) is 5.77. The van der Waals surface area contributed by atoms with Crippen LogP contribution in [0.15, 0.2) is 0 Å². The minimum Gasteiger partial charge on any atom is -0.314 e. The molecule has 2 aliphatic rings. The normalized spacial score (nSPS) is 27.5. The van der Waals surface area contributed by atoms with Gasteiger partial charge < -0.3 is 5.32 Å². The van der Waals surface area contributed by atoms with Gasteiger partial charge in [-0.2, -0.15) is 0 Å². The van der Waals surface area contributed by atoms with Crippen LogP contribution in [0.2, 0.25) is 0 Å². The first-order valence-electron chi connectivity index (χ1n) is 4.96. The largest absolute Gasteiger partial charge is 0.314 e. The topological polar surface area (TPSA) is 12.0 Å². The average molecular weight is 153 g/mol. The molecule has 0 aromatic heterocycles. The Hall–Kier alpha value is -0.0400. The van der Waals surface area contributed by atoms with Crippen molar-refractivity contribution in [1.29, 1.82) is 0 Å². The van der Waals surface area contributed by atoms with Crippen molar-refractivity contribution in [3.05, 3.63) is 0 Å². The average Bonchev–Trinajstić information content (AvgIpc) is 2.79. The third-order valence-electron chi connectivity index (χ3n) is 3.20. The molecular formula is C10H19N. The van der Waals surface area contributed by atoms with Crippen molar-refractivity contribution >= 4 is 0 Å². The Morgan fingerprint density at radius 1 is 1.36 bits per heavy atom. The van der Waals surface area contributed by atoms with E-state index >= 15 is 0 Å². The van der Waals surface area contributed by atoms with Gasteiger partial charge in [-0.15, -0.1) is 0 Å². The Morgan fingerprint density at radius 3 is 2.36 bits per heavy atom. The number of nitrogens with one attached hydrogen (secondary N) is 1. The van der Waals surface area contributed by atoms with E-state index < -0.39 is 0 Å². The second kappa shape index (κ2) is 2.48. The molecule has 11 heavy (non-hydrogen) atoms. The van der Waals surface area contributed by atoms with Gasteiger partial charge in [0.05, 0.1) is 0 Å². The molecule has 1 nitrogen and oxygen atoms in total. The fourth-order valence-electron chi connectivity index (χ4n) is 1.99. The zero-order valence-corrected chi connectivity index (χ0v) is 7.69. The van der Waals surface area contributed by atoms with Gasteiger partial charge in [0.2, 0.25) is 0 Å². The van der Waals surface area contributed by atoms with E-state index in [-0.39, 0.29) is 0 Å². The zero-order valence-electron chi connectivity index (χ0n) is 7.69. The van der Waals surface area contributed by atoms with E-state index in [1.54, 1.807) is 0 Å². The van der Waals surface area contributed by atoms with Gasteiger partial charge in [0, 0.05) is 12.6 Å². The van der Waals surface area contributed by atoms with Crippen molar-refractivity contribution < 1.29 is 0 Å². The first-order chi connectivity index (χ1) is 5.23. The van der Waals surface area contributed by atoms with Crippen molar-refractivity contribution in [3.63, 3.8) is 0 Å². The SMILES string of the molecule is CC(C)NCC1(C2CC2)CC1. The quantitative estimate of drug-likeness (QED) is 0.652. The highest BCUT2D eigenvalue weighted by Gasteiger charge is 2.53. The predicted octanol–water partition coefficient (Wildman–Crippen LogP) is 2.17. The molecule has 0 radical (unpaired) electrons. The first kappa shape index (κ1) is 7.60. The molecule has 64 valence electrons. The van der Waals surface area contributed by atoms with Crippen LogP contribution in [0.5, 0.6) is 0 Å². The maximum Gasteiger partial charge on any atom is 0.00128 e. The fourth-order valence-corrected chi connectivity index (χ4v) is 1.99. The van der Waals surface area contributed by atoms with Crippen LogP contribution in [0.1, 0.15) is 39.5 Å². The van der Waals surface area contributed by atoms with Crippen LogP contribution < -0.4 is 5.32 Å². The third-order valence-corrected chi connectivity index (χ3v) is 3.20. The minimum atomic E-state index is 0.672. The van der Waals surface area contributed by atoms with Gasteiger partial charge in [-0.25, -0.2) is 0 Å². The maximum atomic E-state index is 3.57. The van der Waals surface area contributed by atoms with Crippen LogP contribution in [0.25, 0.3) is 0 Å². The lowest BCUT2D eigenvalue weighted by atomic mass is 10.0. The van der Waals surface area contributed by atoms with E-state index in [0.717, 1.165) is 11.3 Å². The summed E-state index contributed by atoms with van der Waals surface area (Å²) >= 11 is 0. The minimum absolute atomic E-state index is 0.672. The second-order valence-corrected chi connectivity index (χ2v) is 4.67. The van der Waals surface area contributed by atoms with E-state index in [1.807, 2.05) is 0 Å². The van der Waals surface area contributed by atoms with E-state index in [2.05, 4.69) is 19.2 Å². The smallest absolute Gasteiger partial charge is 0.00128 e. The summed E-state index contributed by atoms with van der Waals surface area (Å²) in [4.78, 5) is 0. The molecule has 1 N–H and O–H groups in total. The second-order valence-electron chi connectivity index (χ2n) is 4.67. The summed E-state index contributed by atoms with van der Waals surface area (Å²) < 4.78 is 0. The highest BCUT2D eigenvalue weighted by molar-refractivity contribution is 5.05. The molecule has 0 aliphatic heterocycles. The lowest BCUT2D eigenvalue weighted by Crippen LogP contribution is -2.30. The molecule has 2 fully saturated rings. The Kier molecular flexibility index (Phi) is 1.71.